The number of rotatable bonds is 2. The summed E-state index contributed by atoms with van der Waals surface area (Å²) in [7, 11) is 0. The van der Waals surface area contributed by atoms with E-state index in [1.807, 2.05) is 13.0 Å². The molecule has 1 heterocycles. The lowest BCUT2D eigenvalue weighted by Crippen LogP contribution is -1.90. The number of pyridine rings is 1. The minimum Gasteiger partial charge on any atom is -0.256 e. The average Bonchev–Trinajstić information content (AvgIpc) is 2.49. The zero-order chi connectivity index (χ0) is 14.8. The number of aryl methyl sites for hydroxylation is 1. The molecule has 21 heavy (non-hydrogen) atoms. The van der Waals surface area contributed by atoms with E-state index in [2.05, 4.69) is 4.98 Å². The summed E-state index contributed by atoms with van der Waals surface area (Å²) >= 11 is 0. The van der Waals surface area contributed by atoms with E-state index in [-0.39, 0.29) is 11.6 Å². The van der Waals surface area contributed by atoms with Crippen LogP contribution in [0.15, 0.2) is 60.8 Å². The normalized spacial score (nSPS) is 10.6. The predicted molar refractivity (Wildman–Crippen MR) is 79.8 cm³/mol. The van der Waals surface area contributed by atoms with Gasteiger partial charge in [-0.15, -0.1) is 0 Å². The van der Waals surface area contributed by atoms with Crippen LogP contribution in [-0.2, 0) is 0 Å². The topological polar surface area (TPSA) is 12.9 Å². The van der Waals surface area contributed by atoms with E-state index >= 15 is 0 Å². The first kappa shape index (κ1) is 13.4. The van der Waals surface area contributed by atoms with Crippen molar-refractivity contribution < 1.29 is 8.78 Å². The number of hydrogen-bond donors (Lipinski definition) is 0. The second kappa shape index (κ2) is 5.44. The Bertz CT molecular complexity index is 762. The standard InChI is InChI=1S/C18H13F2N/c1-12-10-18(14-4-8-16(20)9-5-14)21-11-17(12)13-2-6-15(19)7-3-13/h2-11H,1H3. The Balaban J connectivity index is 1.99. The molecule has 0 amide bonds. The molecule has 0 spiro atoms. The predicted octanol–water partition coefficient (Wildman–Crippen LogP) is 5.00. The Labute approximate surface area is 121 Å². The fourth-order valence-electron chi connectivity index (χ4n) is 2.27. The fourth-order valence-corrected chi connectivity index (χ4v) is 2.27. The first-order valence-electron chi connectivity index (χ1n) is 6.62. The van der Waals surface area contributed by atoms with Crippen molar-refractivity contribution in [3.63, 3.8) is 0 Å². The third-order valence-electron chi connectivity index (χ3n) is 3.41. The Morgan fingerprint density at radius 2 is 1.29 bits per heavy atom. The van der Waals surface area contributed by atoms with Gasteiger partial charge in [-0.05, 0) is 60.5 Å². The van der Waals surface area contributed by atoms with Crippen LogP contribution in [0.1, 0.15) is 5.56 Å². The van der Waals surface area contributed by atoms with Gasteiger partial charge in [0, 0.05) is 17.3 Å². The minimum atomic E-state index is -0.265. The second-order valence-corrected chi connectivity index (χ2v) is 4.90. The van der Waals surface area contributed by atoms with E-state index in [1.165, 1.54) is 24.3 Å². The molecular formula is C18H13F2N. The van der Waals surface area contributed by atoms with Crippen LogP contribution in [0.3, 0.4) is 0 Å². The molecule has 0 saturated carbocycles. The summed E-state index contributed by atoms with van der Waals surface area (Å²) in [6, 6.07) is 14.5. The van der Waals surface area contributed by atoms with Gasteiger partial charge in [-0.1, -0.05) is 12.1 Å². The molecule has 1 nitrogen and oxygen atoms in total. The van der Waals surface area contributed by atoms with Crippen molar-refractivity contribution in [1.29, 1.82) is 0 Å². The number of aromatic nitrogens is 1. The zero-order valence-corrected chi connectivity index (χ0v) is 11.5. The Morgan fingerprint density at radius 3 is 1.81 bits per heavy atom. The van der Waals surface area contributed by atoms with Gasteiger partial charge in [0.15, 0.2) is 0 Å². The van der Waals surface area contributed by atoms with Gasteiger partial charge in [-0.25, -0.2) is 8.78 Å². The lowest BCUT2D eigenvalue weighted by molar-refractivity contribution is 0.627. The van der Waals surface area contributed by atoms with Crippen molar-refractivity contribution >= 4 is 0 Å². The summed E-state index contributed by atoms with van der Waals surface area (Å²) in [5, 5.41) is 0. The molecule has 0 radical (unpaired) electrons. The number of hydrogen-bond acceptors (Lipinski definition) is 1. The molecule has 104 valence electrons. The molecule has 1 aromatic heterocycles. The van der Waals surface area contributed by atoms with Crippen LogP contribution in [0.5, 0.6) is 0 Å². The monoisotopic (exact) mass is 281 g/mol. The van der Waals surface area contributed by atoms with Gasteiger partial charge in [-0.3, -0.25) is 4.98 Å². The lowest BCUT2D eigenvalue weighted by Gasteiger charge is -2.08. The van der Waals surface area contributed by atoms with E-state index in [0.29, 0.717) is 0 Å². The molecule has 0 bridgehead atoms. The van der Waals surface area contributed by atoms with Crippen molar-refractivity contribution in [1.82, 2.24) is 4.98 Å². The van der Waals surface area contributed by atoms with Gasteiger partial charge in [0.2, 0.25) is 0 Å². The van der Waals surface area contributed by atoms with Crippen molar-refractivity contribution in [3.05, 3.63) is 78.0 Å². The third-order valence-corrected chi connectivity index (χ3v) is 3.41. The minimum absolute atomic E-state index is 0.257. The van der Waals surface area contributed by atoms with Crippen LogP contribution < -0.4 is 0 Å². The van der Waals surface area contributed by atoms with Gasteiger partial charge in [0.05, 0.1) is 5.69 Å². The summed E-state index contributed by atoms with van der Waals surface area (Å²) < 4.78 is 25.9. The summed E-state index contributed by atoms with van der Waals surface area (Å²) in [5.41, 5.74) is 4.58. The van der Waals surface area contributed by atoms with E-state index in [1.54, 1.807) is 30.5 Å². The smallest absolute Gasteiger partial charge is 0.123 e. The number of halogens is 2. The molecule has 3 rings (SSSR count). The molecule has 3 aromatic rings. The van der Waals surface area contributed by atoms with Crippen molar-refractivity contribution in [2.75, 3.05) is 0 Å². The maximum absolute atomic E-state index is 13.0. The van der Waals surface area contributed by atoms with Gasteiger partial charge in [0.25, 0.3) is 0 Å². The summed E-state index contributed by atoms with van der Waals surface area (Å²) in [5.74, 6) is -0.523. The Hall–Kier alpha value is -2.55. The van der Waals surface area contributed by atoms with E-state index in [0.717, 1.165) is 27.9 Å². The molecule has 0 N–H and O–H groups in total. The van der Waals surface area contributed by atoms with Crippen LogP contribution in [0.25, 0.3) is 22.4 Å². The third kappa shape index (κ3) is 2.82. The molecule has 0 atom stereocenters. The van der Waals surface area contributed by atoms with Gasteiger partial charge >= 0.3 is 0 Å². The zero-order valence-electron chi connectivity index (χ0n) is 11.5. The van der Waals surface area contributed by atoms with Crippen LogP contribution in [0.2, 0.25) is 0 Å². The molecule has 0 saturated heterocycles. The Kier molecular flexibility index (Phi) is 3.48. The lowest BCUT2D eigenvalue weighted by atomic mass is 10.0. The summed E-state index contributed by atoms with van der Waals surface area (Å²) in [6.45, 7) is 1.98. The summed E-state index contributed by atoms with van der Waals surface area (Å²) in [6.07, 6.45) is 1.77. The van der Waals surface area contributed by atoms with Crippen molar-refractivity contribution in [2.45, 2.75) is 6.92 Å². The van der Waals surface area contributed by atoms with Crippen molar-refractivity contribution in [3.8, 4) is 22.4 Å². The van der Waals surface area contributed by atoms with Gasteiger partial charge in [0.1, 0.15) is 11.6 Å². The molecular weight excluding hydrogens is 268 g/mol. The molecule has 0 unspecified atom stereocenters. The number of benzene rings is 2. The highest BCUT2D eigenvalue weighted by Gasteiger charge is 2.06. The summed E-state index contributed by atoms with van der Waals surface area (Å²) in [4.78, 5) is 4.42. The maximum Gasteiger partial charge on any atom is 0.123 e. The molecule has 0 aliphatic heterocycles. The highest BCUT2D eigenvalue weighted by atomic mass is 19.1. The van der Waals surface area contributed by atoms with E-state index in [9.17, 15) is 8.78 Å². The molecule has 2 aromatic carbocycles. The van der Waals surface area contributed by atoms with Gasteiger partial charge in [-0.2, -0.15) is 0 Å². The largest absolute Gasteiger partial charge is 0.256 e. The SMILES string of the molecule is Cc1cc(-c2ccc(F)cc2)ncc1-c1ccc(F)cc1. The van der Waals surface area contributed by atoms with Gasteiger partial charge < -0.3 is 0 Å². The second-order valence-electron chi connectivity index (χ2n) is 4.90. The first-order valence-corrected chi connectivity index (χ1v) is 6.62. The van der Waals surface area contributed by atoms with Crippen LogP contribution in [-0.4, -0.2) is 4.98 Å². The average molecular weight is 281 g/mol. The van der Waals surface area contributed by atoms with Crippen LogP contribution >= 0.6 is 0 Å². The maximum atomic E-state index is 13.0. The Morgan fingerprint density at radius 1 is 0.762 bits per heavy atom. The molecule has 0 fully saturated rings. The van der Waals surface area contributed by atoms with E-state index < -0.39 is 0 Å². The van der Waals surface area contributed by atoms with E-state index in [4.69, 9.17) is 0 Å². The molecule has 3 heteroatoms. The molecule has 0 aliphatic carbocycles. The first-order chi connectivity index (χ1) is 10.1. The quantitative estimate of drug-likeness (QED) is 0.644. The highest BCUT2D eigenvalue weighted by Crippen LogP contribution is 2.26. The van der Waals surface area contributed by atoms with Crippen LogP contribution in [0, 0.1) is 18.6 Å². The van der Waals surface area contributed by atoms with Crippen LogP contribution in [0.4, 0.5) is 8.78 Å². The highest BCUT2D eigenvalue weighted by molar-refractivity contribution is 5.70. The number of nitrogens with zero attached hydrogens (tertiary/aromatic N) is 1. The molecule has 0 aliphatic rings. The van der Waals surface area contributed by atoms with Crippen molar-refractivity contribution in [2.24, 2.45) is 0 Å². The fraction of sp³-hybridized carbons (Fsp3) is 0.0556.